The Morgan fingerprint density at radius 2 is 0.490 bits per heavy atom. The van der Waals surface area contributed by atoms with Crippen LogP contribution in [0.15, 0.2) is 324 Å². The van der Waals surface area contributed by atoms with Crippen molar-refractivity contribution in [2.45, 2.75) is 38.0 Å². The summed E-state index contributed by atoms with van der Waals surface area (Å²) in [4.78, 5) is -0.717. The molecular formula is C82H51F9O3S2. The molecule has 0 aliphatic heterocycles. The summed E-state index contributed by atoms with van der Waals surface area (Å²) in [6.45, 7) is 0. The SMILES string of the molecule is O=S(=O)(OS(c1ccccc1)(c1c(-c2cccc3ccccc23)cc(-c2cccc3ccccc23)cc1-c1cccc2ccccc12)c1c(-c2cccc3ccccc23)cc(-c2cccc3ccccc23)cc1-c1cccc2ccccc12)C(F)(F)C(F)(F)C(F)(F)C(F)(F)F. The van der Waals surface area contributed by atoms with Gasteiger partial charge in [-0.15, -0.1) is 0 Å². The first kappa shape index (κ1) is 61.7. The summed E-state index contributed by atoms with van der Waals surface area (Å²) in [6.07, 6.45) is -7.42. The molecule has 472 valence electrons. The molecular weight excluding hydrogens is 1270 g/mol. The molecule has 96 heavy (non-hydrogen) atoms. The Morgan fingerprint density at radius 3 is 0.771 bits per heavy atom. The maximum atomic E-state index is 18.0. The van der Waals surface area contributed by atoms with Gasteiger partial charge in [0.1, 0.15) is 0 Å². The molecule has 15 aromatic rings. The zero-order valence-corrected chi connectivity index (χ0v) is 52.0. The van der Waals surface area contributed by atoms with Crippen LogP contribution in [0.4, 0.5) is 39.5 Å². The van der Waals surface area contributed by atoms with E-state index in [1.165, 1.54) is 24.3 Å². The summed E-state index contributed by atoms with van der Waals surface area (Å²) in [5.74, 6) is -15.4. The van der Waals surface area contributed by atoms with Gasteiger partial charge in [-0.3, -0.25) is 0 Å². The summed E-state index contributed by atoms with van der Waals surface area (Å²) in [7, 11) is -13.2. The van der Waals surface area contributed by atoms with E-state index in [1.807, 2.05) is 158 Å². The van der Waals surface area contributed by atoms with Crippen molar-refractivity contribution in [1.82, 2.24) is 0 Å². The van der Waals surface area contributed by atoms with Gasteiger partial charge in [0.2, 0.25) is 0 Å². The lowest BCUT2D eigenvalue weighted by Crippen LogP contribution is -2.63. The van der Waals surface area contributed by atoms with E-state index in [1.54, 1.807) is 127 Å². The van der Waals surface area contributed by atoms with Crippen molar-refractivity contribution in [2.75, 3.05) is 0 Å². The fourth-order valence-electron chi connectivity index (χ4n) is 13.5. The van der Waals surface area contributed by atoms with Gasteiger partial charge >= 0.3 is 33.4 Å². The normalized spacial score (nSPS) is 12.9. The van der Waals surface area contributed by atoms with Gasteiger partial charge < -0.3 is 0 Å². The van der Waals surface area contributed by atoms with Crippen LogP contribution in [0.25, 0.3) is 131 Å². The molecule has 0 heterocycles. The Balaban J connectivity index is 1.26. The third-order valence-electron chi connectivity index (χ3n) is 18.0. The quantitative estimate of drug-likeness (QED) is 0.102. The summed E-state index contributed by atoms with van der Waals surface area (Å²) in [5, 5.41) is 0.467. The number of alkyl halides is 9. The molecule has 0 aliphatic carbocycles. The number of hydrogen-bond acceptors (Lipinski definition) is 3. The molecule has 0 bridgehead atoms. The first-order valence-corrected chi connectivity index (χ1v) is 33.5. The van der Waals surface area contributed by atoms with Crippen LogP contribution < -0.4 is 0 Å². The van der Waals surface area contributed by atoms with Gasteiger partial charge in [-0.1, -0.05) is 273 Å². The fourth-order valence-corrected chi connectivity index (χ4v) is 19.4. The molecule has 0 aliphatic rings. The number of benzene rings is 15. The van der Waals surface area contributed by atoms with E-state index >= 15 is 34.8 Å². The van der Waals surface area contributed by atoms with Crippen LogP contribution in [-0.4, -0.2) is 31.7 Å². The molecule has 0 radical (unpaired) electrons. The third kappa shape index (κ3) is 9.91. The smallest absolute Gasteiger partial charge is 0.202 e. The highest BCUT2D eigenvalue weighted by atomic mass is 32.3. The number of rotatable bonds is 14. The maximum absolute atomic E-state index is 18.0. The molecule has 15 rings (SSSR count). The Bertz CT molecular complexity index is 5200. The van der Waals surface area contributed by atoms with Gasteiger partial charge in [0.05, 0.1) is 0 Å². The third-order valence-corrected chi connectivity index (χ3v) is 23.4. The largest absolute Gasteiger partial charge is 0.460 e. The second kappa shape index (κ2) is 23.4. The molecule has 0 amide bonds. The Kier molecular flexibility index (Phi) is 15.1. The first-order valence-electron chi connectivity index (χ1n) is 30.6. The van der Waals surface area contributed by atoms with Crippen LogP contribution in [0.3, 0.4) is 0 Å². The topological polar surface area (TPSA) is 43.4 Å². The molecule has 3 nitrogen and oxygen atoms in total. The molecule has 0 saturated heterocycles. The van der Waals surface area contributed by atoms with Crippen molar-refractivity contribution in [3.8, 4) is 66.8 Å². The second-order valence-electron chi connectivity index (χ2n) is 23.5. The number of fused-ring (bicyclic) bond motifs is 6. The molecule has 15 aromatic carbocycles. The number of halogens is 9. The van der Waals surface area contributed by atoms with Gasteiger partial charge in [0.15, 0.2) is 0 Å². The van der Waals surface area contributed by atoms with Gasteiger partial charge in [-0.2, -0.15) is 47.9 Å². The summed E-state index contributed by atoms with van der Waals surface area (Å²) in [5.41, 5.74) is 3.99. The van der Waals surface area contributed by atoms with Crippen LogP contribution in [-0.2, 0) is 13.7 Å². The van der Waals surface area contributed by atoms with Gasteiger partial charge in [0, 0.05) is 14.7 Å². The molecule has 0 aromatic heterocycles. The van der Waals surface area contributed by atoms with E-state index in [-0.39, 0.29) is 36.9 Å². The highest BCUT2D eigenvalue weighted by molar-refractivity contribution is 8.33. The van der Waals surface area contributed by atoms with Gasteiger partial charge in [-0.25, -0.2) is 3.63 Å². The monoisotopic (exact) mass is 1320 g/mol. The summed E-state index contributed by atoms with van der Waals surface area (Å²) < 4.78 is 184. The summed E-state index contributed by atoms with van der Waals surface area (Å²) in [6, 6.07) is 91.1. The minimum Gasteiger partial charge on any atom is -0.202 e. The molecule has 0 spiro atoms. The molecule has 0 N–H and O–H groups in total. The lowest BCUT2D eigenvalue weighted by Gasteiger charge is -2.45. The average molecular weight is 1320 g/mol. The first-order chi connectivity index (χ1) is 46.3. The van der Waals surface area contributed by atoms with Gasteiger partial charge in [0.25, 0.3) is 0 Å². The van der Waals surface area contributed by atoms with Crippen molar-refractivity contribution < 1.29 is 51.6 Å². The predicted molar refractivity (Wildman–Crippen MR) is 370 cm³/mol. The molecule has 0 atom stereocenters. The van der Waals surface area contributed by atoms with E-state index < -0.39 is 43.7 Å². The lowest BCUT2D eigenvalue weighted by atomic mass is 9.88. The van der Waals surface area contributed by atoms with Crippen molar-refractivity contribution >= 4 is 85.1 Å². The van der Waals surface area contributed by atoms with Crippen molar-refractivity contribution in [2.24, 2.45) is 0 Å². The van der Waals surface area contributed by atoms with E-state index in [0.717, 1.165) is 21.5 Å². The zero-order valence-electron chi connectivity index (χ0n) is 50.4. The Morgan fingerprint density at radius 1 is 0.250 bits per heavy atom. The van der Waals surface area contributed by atoms with Crippen LogP contribution in [0.2, 0.25) is 0 Å². The van der Waals surface area contributed by atoms with Crippen LogP contribution in [0.5, 0.6) is 0 Å². The predicted octanol–water partition coefficient (Wildman–Crippen LogP) is 24.6. The van der Waals surface area contributed by atoms with Crippen LogP contribution in [0, 0.1) is 0 Å². The van der Waals surface area contributed by atoms with Crippen LogP contribution >= 0.6 is 10.3 Å². The second-order valence-corrected chi connectivity index (χ2v) is 27.9. The Hall–Kier alpha value is -10.5. The van der Waals surface area contributed by atoms with Crippen molar-refractivity contribution in [3.63, 3.8) is 0 Å². The van der Waals surface area contributed by atoms with Crippen LogP contribution in [0.1, 0.15) is 0 Å². The zero-order chi connectivity index (χ0) is 66.4. The van der Waals surface area contributed by atoms with E-state index in [4.69, 9.17) is 3.63 Å². The fraction of sp³-hybridized carbons (Fsp3) is 0.0488. The number of hydrogen-bond donors (Lipinski definition) is 0. The van der Waals surface area contributed by atoms with Gasteiger partial charge in [-0.05, 0) is 178 Å². The maximum Gasteiger partial charge on any atom is 0.460 e. The van der Waals surface area contributed by atoms with E-state index in [0.29, 0.717) is 87.6 Å². The van der Waals surface area contributed by atoms with E-state index in [9.17, 15) is 13.2 Å². The van der Waals surface area contributed by atoms with E-state index in [2.05, 4.69) is 0 Å². The molecule has 0 unspecified atom stereocenters. The summed E-state index contributed by atoms with van der Waals surface area (Å²) >= 11 is 0. The highest BCUT2D eigenvalue weighted by Crippen LogP contribution is 2.78. The molecule has 0 fully saturated rings. The molecule has 14 heteroatoms. The van der Waals surface area contributed by atoms with Crippen molar-refractivity contribution in [1.29, 1.82) is 0 Å². The minimum absolute atomic E-state index is 0.0933. The van der Waals surface area contributed by atoms with Crippen molar-refractivity contribution in [3.05, 3.63) is 309 Å². The lowest BCUT2D eigenvalue weighted by molar-refractivity contribution is -0.382. The average Bonchev–Trinajstić information content (AvgIpc) is 0.685. The minimum atomic E-state index is -7.94. The highest BCUT2D eigenvalue weighted by Gasteiger charge is 2.86. The Labute approximate surface area is 547 Å². The standard InChI is InChI=1S/C82H51F9O3S2/c83-79(84,81(87,88)89)80(85,86)82(90,91)96(92,93)94-95(60-34-2-1-3-35-60,77-73(69-44-18-30-54-24-6-12-38-63(54)69)48-58(67-42-16-28-52-22-4-10-36-61(52)67)49-74(77)70-45-19-31-55-25-7-13-39-64(55)70)78-75(71-46-20-32-56-26-8-14-40-65(56)71)50-59(68-43-17-29-53-23-5-11-37-62(53)68)51-76(78)72-47-21-33-57-27-9-15-41-66(57)72/h1-51H. The molecule has 0 saturated carbocycles.